The fraction of sp³-hybridized carbons (Fsp3) is 0.667. The van der Waals surface area contributed by atoms with Crippen molar-refractivity contribution in [3.63, 3.8) is 0 Å². The van der Waals surface area contributed by atoms with Crippen LogP contribution in [0, 0.1) is 16.7 Å². The second kappa shape index (κ2) is 5.68. The van der Waals surface area contributed by atoms with Crippen LogP contribution in [0.3, 0.4) is 0 Å². The topological polar surface area (TPSA) is 0 Å². The van der Waals surface area contributed by atoms with E-state index in [1.54, 1.807) is 0 Å². The van der Waals surface area contributed by atoms with E-state index in [2.05, 4.69) is 40.0 Å². The first-order chi connectivity index (χ1) is 9.26. The molecule has 0 spiro atoms. The van der Waals surface area contributed by atoms with Crippen LogP contribution >= 0.6 is 11.6 Å². The van der Waals surface area contributed by atoms with Crippen LogP contribution in [-0.2, 0) is 6.54 Å². The van der Waals surface area contributed by atoms with Crippen molar-refractivity contribution in [1.82, 2.24) is 0 Å². The summed E-state index contributed by atoms with van der Waals surface area (Å²) in [4.78, 5) is 0. The van der Waals surface area contributed by atoms with Gasteiger partial charge in [-0.25, -0.2) is 0 Å². The van der Waals surface area contributed by atoms with Crippen molar-refractivity contribution in [2.75, 3.05) is 20.1 Å². The Morgan fingerprint density at radius 1 is 1.24 bits per heavy atom. The molecular formula is C18H27ClIN. The molecule has 1 aromatic carbocycles. The lowest BCUT2D eigenvalue weighted by Gasteiger charge is -2.54. The molecule has 1 nitrogen and oxygen atoms in total. The fourth-order valence-electron chi connectivity index (χ4n) is 4.87. The number of nitrogens with zero attached hydrogens (tertiary/aromatic N) is 1. The third-order valence-corrected chi connectivity index (χ3v) is 6.89. The lowest BCUT2D eigenvalue weighted by Crippen LogP contribution is -3.00. The van der Waals surface area contributed by atoms with E-state index in [0.717, 1.165) is 22.0 Å². The molecule has 1 aliphatic carbocycles. The summed E-state index contributed by atoms with van der Waals surface area (Å²) in [6.07, 6.45) is 2.79. The van der Waals surface area contributed by atoms with Crippen LogP contribution in [0.5, 0.6) is 0 Å². The first kappa shape index (κ1) is 17.6. The van der Waals surface area contributed by atoms with Gasteiger partial charge in [-0.3, -0.25) is 0 Å². The van der Waals surface area contributed by atoms with Gasteiger partial charge in [0.05, 0.1) is 20.1 Å². The summed E-state index contributed by atoms with van der Waals surface area (Å²) in [5, 5.41) is 0.925. The molecule has 0 amide bonds. The first-order valence-corrected chi connectivity index (χ1v) is 8.21. The van der Waals surface area contributed by atoms with Crippen LogP contribution in [0.4, 0.5) is 0 Å². The van der Waals surface area contributed by atoms with Crippen LogP contribution < -0.4 is 24.0 Å². The maximum absolute atomic E-state index is 6.37. The van der Waals surface area contributed by atoms with Crippen LogP contribution in [-0.4, -0.2) is 24.6 Å². The summed E-state index contributed by atoms with van der Waals surface area (Å²) >= 11 is 6.37. The normalized spacial score (nSPS) is 37.1. The quantitative estimate of drug-likeness (QED) is 0.506. The average molecular weight is 420 g/mol. The second-order valence-electron chi connectivity index (χ2n) is 8.23. The Morgan fingerprint density at radius 3 is 2.52 bits per heavy atom. The van der Waals surface area contributed by atoms with Gasteiger partial charge in [-0.15, -0.1) is 0 Å². The molecule has 1 aromatic rings. The summed E-state index contributed by atoms with van der Waals surface area (Å²) in [6.45, 7) is 11.1. The zero-order valence-electron chi connectivity index (χ0n) is 13.6. The summed E-state index contributed by atoms with van der Waals surface area (Å²) in [5.41, 5.74) is 2.27. The zero-order valence-corrected chi connectivity index (χ0v) is 16.5. The largest absolute Gasteiger partial charge is 1.00 e. The van der Waals surface area contributed by atoms with Gasteiger partial charge in [-0.1, -0.05) is 50.6 Å². The Labute approximate surface area is 151 Å². The third kappa shape index (κ3) is 2.88. The van der Waals surface area contributed by atoms with Crippen molar-refractivity contribution in [2.24, 2.45) is 16.7 Å². The van der Waals surface area contributed by atoms with Gasteiger partial charge in [-0.2, -0.15) is 0 Å². The Bertz CT molecular complexity index is 530. The van der Waals surface area contributed by atoms with Crippen LogP contribution in [0.1, 0.15) is 39.2 Å². The number of benzene rings is 1. The molecule has 21 heavy (non-hydrogen) atoms. The number of fused-ring (bicyclic) bond motifs is 2. The molecule has 3 heteroatoms. The van der Waals surface area contributed by atoms with E-state index in [9.17, 15) is 0 Å². The van der Waals surface area contributed by atoms with E-state index in [-0.39, 0.29) is 24.0 Å². The van der Waals surface area contributed by atoms with Gasteiger partial charge in [0.25, 0.3) is 0 Å². The molecule has 1 saturated heterocycles. The Balaban J connectivity index is 0.00000161. The Hall–Kier alpha value is 0.200. The predicted molar refractivity (Wildman–Crippen MR) is 85.7 cm³/mol. The van der Waals surface area contributed by atoms with E-state index in [4.69, 9.17) is 11.6 Å². The molecule has 1 heterocycles. The van der Waals surface area contributed by atoms with Crippen LogP contribution in [0.2, 0.25) is 5.02 Å². The molecular weight excluding hydrogens is 393 g/mol. The van der Waals surface area contributed by atoms with Crippen molar-refractivity contribution < 1.29 is 28.5 Å². The van der Waals surface area contributed by atoms with Crippen molar-refractivity contribution in [3.8, 4) is 0 Å². The maximum Gasteiger partial charge on any atom is 0.106 e. The maximum atomic E-state index is 6.37. The molecule has 1 saturated carbocycles. The Kier molecular flexibility index (Phi) is 4.75. The summed E-state index contributed by atoms with van der Waals surface area (Å²) in [5.74, 6) is 0.855. The molecule has 0 N–H and O–H groups in total. The highest BCUT2D eigenvalue weighted by Gasteiger charge is 2.60. The second-order valence-corrected chi connectivity index (χ2v) is 8.63. The smallest absolute Gasteiger partial charge is 0.106 e. The zero-order chi connectivity index (χ0) is 14.6. The average Bonchev–Trinajstić information content (AvgIpc) is 2.49. The van der Waals surface area contributed by atoms with Gasteiger partial charge in [0, 0.05) is 21.9 Å². The monoisotopic (exact) mass is 419 g/mol. The predicted octanol–water partition coefficient (Wildman–Crippen LogP) is 1.75. The molecule has 0 aromatic heterocycles. The lowest BCUT2D eigenvalue weighted by molar-refractivity contribution is -0.938. The number of halogens is 2. The standard InChI is InChI=1S/C18H27ClN.HI/c1-17(2)15-9-10-18(17,3)13-20(4,12-15)11-14-7-5-6-8-16(14)19;/h5-8,15H,9-13H2,1-4H3;1H/q+1;/p-1/t15-,18+,20?;/m0./s1. The number of hydrogen-bond donors (Lipinski definition) is 0. The first-order valence-electron chi connectivity index (χ1n) is 7.83. The number of piperidine rings is 1. The molecule has 3 atom stereocenters. The minimum Gasteiger partial charge on any atom is -1.00 e. The molecule has 1 unspecified atom stereocenters. The van der Waals surface area contributed by atoms with Crippen molar-refractivity contribution in [1.29, 1.82) is 0 Å². The molecule has 2 bridgehead atoms. The molecule has 3 rings (SSSR count). The van der Waals surface area contributed by atoms with E-state index < -0.39 is 0 Å². The molecule has 0 radical (unpaired) electrons. The van der Waals surface area contributed by atoms with Crippen molar-refractivity contribution in [2.45, 2.75) is 40.2 Å². The number of quaternary nitrogens is 1. The highest BCUT2D eigenvalue weighted by molar-refractivity contribution is 6.31. The van der Waals surface area contributed by atoms with E-state index >= 15 is 0 Å². The fourth-order valence-corrected chi connectivity index (χ4v) is 5.06. The van der Waals surface area contributed by atoms with Gasteiger partial charge in [0.15, 0.2) is 0 Å². The van der Waals surface area contributed by atoms with Crippen LogP contribution in [0.25, 0.3) is 0 Å². The van der Waals surface area contributed by atoms with Crippen molar-refractivity contribution in [3.05, 3.63) is 34.9 Å². The van der Waals surface area contributed by atoms with E-state index in [0.29, 0.717) is 10.8 Å². The van der Waals surface area contributed by atoms with Crippen molar-refractivity contribution >= 4 is 11.6 Å². The Morgan fingerprint density at radius 2 is 1.90 bits per heavy atom. The molecule has 2 aliphatic rings. The van der Waals surface area contributed by atoms with Gasteiger partial charge < -0.3 is 28.5 Å². The van der Waals surface area contributed by atoms with E-state index in [1.165, 1.54) is 31.5 Å². The van der Waals surface area contributed by atoms with E-state index in [1.807, 2.05) is 12.1 Å². The number of rotatable bonds is 2. The summed E-state index contributed by atoms with van der Waals surface area (Å²) in [6, 6.07) is 8.34. The number of likely N-dealkylation sites (tertiary alicyclic amines) is 1. The minimum absolute atomic E-state index is 0. The summed E-state index contributed by atoms with van der Waals surface area (Å²) in [7, 11) is 2.43. The van der Waals surface area contributed by atoms with Crippen LogP contribution in [0.15, 0.2) is 24.3 Å². The summed E-state index contributed by atoms with van der Waals surface area (Å²) < 4.78 is 1.15. The molecule has 118 valence electrons. The van der Waals surface area contributed by atoms with Gasteiger partial charge in [0.1, 0.15) is 6.54 Å². The number of hydrogen-bond acceptors (Lipinski definition) is 0. The minimum atomic E-state index is 0. The third-order valence-electron chi connectivity index (χ3n) is 6.52. The highest BCUT2D eigenvalue weighted by atomic mass is 127. The van der Waals surface area contributed by atoms with Gasteiger partial charge in [-0.05, 0) is 24.3 Å². The van der Waals surface area contributed by atoms with Gasteiger partial charge in [0.2, 0.25) is 0 Å². The highest BCUT2D eigenvalue weighted by Crippen LogP contribution is 2.60. The molecule has 2 fully saturated rings. The molecule has 1 aliphatic heterocycles. The van der Waals surface area contributed by atoms with Gasteiger partial charge >= 0.3 is 0 Å². The SMILES string of the molecule is CC1(C)[C@H]2CC[C@]1(C)C[N+](C)(Cc1ccccc1Cl)C2.[I-]. The lowest BCUT2D eigenvalue weighted by atomic mass is 9.62.